The number of ether oxygens (including phenoxy) is 4. The Morgan fingerprint density at radius 2 is 1.75 bits per heavy atom. The van der Waals surface area contributed by atoms with Crippen molar-refractivity contribution in [3.63, 3.8) is 0 Å². The summed E-state index contributed by atoms with van der Waals surface area (Å²) in [5.74, 6) is -0.405. The molecule has 3 aromatic rings. The quantitative estimate of drug-likeness (QED) is 0.530. The summed E-state index contributed by atoms with van der Waals surface area (Å²) >= 11 is 0. The maximum absolute atomic E-state index is 12.8. The molecule has 8 heteroatoms. The lowest BCUT2D eigenvalue weighted by molar-refractivity contribution is -0.123. The summed E-state index contributed by atoms with van der Waals surface area (Å²) in [4.78, 5) is 38.0. The number of rotatable bonds is 5. The highest BCUT2D eigenvalue weighted by molar-refractivity contribution is 5.99. The molecule has 184 valence electrons. The molecule has 2 atom stereocenters. The highest BCUT2D eigenvalue weighted by Crippen LogP contribution is 2.33. The van der Waals surface area contributed by atoms with Gasteiger partial charge in [-0.2, -0.15) is 0 Å². The third kappa shape index (κ3) is 5.02. The van der Waals surface area contributed by atoms with Crippen molar-refractivity contribution in [3.05, 3.63) is 89.0 Å². The Kier molecular flexibility index (Phi) is 6.58. The molecule has 1 amide bonds. The molecular weight excluding hydrogens is 462 g/mol. The Bertz CT molecular complexity index is 1300. The molecule has 5 rings (SSSR count). The maximum Gasteiger partial charge on any atom is 0.339 e. The van der Waals surface area contributed by atoms with Crippen molar-refractivity contribution < 1.29 is 33.3 Å². The lowest BCUT2D eigenvalue weighted by Gasteiger charge is -2.25. The van der Waals surface area contributed by atoms with Gasteiger partial charge in [0.15, 0.2) is 17.6 Å². The summed E-state index contributed by atoms with van der Waals surface area (Å²) in [5, 5.41) is 2.74. The molecule has 1 N–H and O–H groups in total. The first-order valence-electron chi connectivity index (χ1n) is 11.8. The third-order valence-electron chi connectivity index (χ3n) is 6.05. The van der Waals surface area contributed by atoms with E-state index in [4.69, 9.17) is 18.9 Å². The summed E-state index contributed by atoms with van der Waals surface area (Å²) in [5.41, 5.74) is 2.75. The number of benzene rings is 3. The monoisotopic (exact) mass is 487 g/mol. The topological polar surface area (TPSA) is 100 Å². The van der Waals surface area contributed by atoms with Gasteiger partial charge < -0.3 is 24.3 Å². The van der Waals surface area contributed by atoms with Gasteiger partial charge in [0.1, 0.15) is 6.10 Å². The molecule has 2 unspecified atom stereocenters. The van der Waals surface area contributed by atoms with E-state index in [0.717, 1.165) is 12.0 Å². The molecule has 0 saturated heterocycles. The van der Waals surface area contributed by atoms with Gasteiger partial charge in [0.2, 0.25) is 0 Å². The third-order valence-corrected chi connectivity index (χ3v) is 6.05. The van der Waals surface area contributed by atoms with Gasteiger partial charge in [-0.1, -0.05) is 30.3 Å². The van der Waals surface area contributed by atoms with Crippen LogP contribution in [0.4, 0.5) is 5.69 Å². The molecule has 3 aromatic carbocycles. The summed E-state index contributed by atoms with van der Waals surface area (Å²) in [6, 6.07) is 19.2. The number of hydrogen-bond donors (Lipinski definition) is 1. The minimum atomic E-state index is -1.05. The van der Waals surface area contributed by atoms with Crippen molar-refractivity contribution in [2.24, 2.45) is 0 Å². The van der Waals surface area contributed by atoms with E-state index in [1.165, 1.54) is 13.0 Å². The van der Waals surface area contributed by atoms with Crippen LogP contribution in [0.5, 0.6) is 11.5 Å². The maximum atomic E-state index is 12.8. The number of amides is 1. The van der Waals surface area contributed by atoms with E-state index >= 15 is 0 Å². The van der Waals surface area contributed by atoms with Crippen LogP contribution in [0.15, 0.2) is 66.7 Å². The van der Waals surface area contributed by atoms with Gasteiger partial charge in [-0.3, -0.25) is 4.79 Å². The zero-order chi connectivity index (χ0) is 25.1. The fourth-order valence-corrected chi connectivity index (χ4v) is 4.14. The average molecular weight is 488 g/mol. The number of anilines is 1. The molecule has 2 heterocycles. The number of esters is 2. The van der Waals surface area contributed by atoms with Crippen LogP contribution >= 0.6 is 0 Å². The lowest BCUT2D eigenvalue weighted by atomic mass is 9.93. The van der Waals surface area contributed by atoms with Gasteiger partial charge in [-0.25, -0.2) is 9.59 Å². The summed E-state index contributed by atoms with van der Waals surface area (Å²) in [6.07, 6.45) is -0.268. The van der Waals surface area contributed by atoms with Crippen LogP contribution < -0.4 is 14.8 Å². The summed E-state index contributed by atoms with van der Waals surface area (Å²) in [7, 11) is 0. The first-order chi connectivity index (χ1) is 17.5. The fourth-order valence-electron chi connectivity index (χ4n) is 4.14. The number of carbonyl (C=O) groups is 3. The summed E-state index contributed by atoms with van der Waals surface area (Å²) in [6.45, 7) is 2.60. The SMILES string of the molecule is CC(OC(=O)c1ccc2c(c1)CC(c1ccccc1)OC2=O)C(=O)Nc1ccc2c(c1)OCCCO2. The second-order valence-corrected chi connectivity index (χ2v) is 8.63. The molecule has 0 bridgehead atoms. The highest BCUT2D eigenvalue weighted by atomic mass is 16.6. The van der Waals surface area contributed by atoms with Crippen molar-refractivity contribution >= 4 is 23.5 Å². The van der Waals surface area contributed by atoms with Crippen LogP contribution in [0, 0.1) is 0 Å². The Morgan fingerprint density at radius 3 is 2.56 bits per heavy atom. The number of carbonyl (C=O) groups excluding carboxylic acids is 3. The van der Waals surface area contributed by atoms with E-state index in [1.807, 2.05) is 30.3 Å². The number of cyclic esters (lactones) is 1. The molecule has 0 aromatic heterocycles. The largest absolute Gasteiger partial charge is 0.490 e. The first-order valence-corrected chi connectivity index (χ1v) is 11.8. The molecular formula is C28H25NO7. The number of hydrogen-bond acceptors (Lipinski definition) is 7. The molecule has 36 heavy (non-hydrogen) atoms. The molecule has 2 aliphatic heterocycles. The van der Waals surface area contributed by atoms with E-state index in [-0.39, 0.29) is 5.56 Å². The van der Waals surface area contributed by atoms with Gasteiger partial charge in [0, 0.05) is 24.6 Å². The zero-order valence-corrected chi connectivity index (χ0v) is 19.7. The van der Waals surface area contributed by atoms with Crippen LogP contribution in [0.2, 0.25) is 0 Å². The van der Waals surface area contributed by atoms with Gasteiger partial charge in [0.05, 0.1) is 24.3 Å². The van der Waals surface area contributed by atoms with Gasteiger partial charge in [-0.05, 0) is 48.4 Å². The number of fused-ring (bicyclic) bond motifs is 2. The average Bonchev–Trinajstić information content (AvgIpc) is 3.14. The second kappa shape index (κ2) is 10.1. The Hall–Kier alpha value is -4.33. The molecule has 0 saturated carbocycles. The number of nitrogens with one attached hydrogen (secondary N) is 1. The van der Waals surface area contributed by atoms with Gasteiger partial charge in [-0.15, -0.1) is 0 Å². The fraction of sp³-hybridized carbons (Fsp3) is 0.250. The van der Waals surface area contributed by atoms with Crippen molar-refractivity contribution in [1.82, 2.24) is 0 Å². The molecule has 0 aliphatic carbocycles. The van der Waals surface area contributed by atoms with Crippen molar-refractivity contribution in [2.45, 2.75) is 32.0 Å². The highest BCUT2D eigenvalue weighted by Gasteiger charge is 2.29. The second-order valence-electron chi connectivity index (χ2n) is 8.63. The molecule has 0 spiro atoms. The van der Waals surface area contributed by atoms with Crippen LogP contribution in [-0.4, -0.2) is 37.2 Å². The molecule has 0 radical (unpaired) electrons. The molecule has 0 fully saturated rings. The first kappa shape index (κ1) is 23.4. The van der Waals surface area contributed by atoms with E-state index in [0.29, 0.717) is 47.9 Å². The zero-order valence-electron chi connectivity index (χ0n) is 19.7. The Morgan fingerprint density at radius 1 is 0.972 bits per heavy atom. The van der Waals surface area contributed by atoms with E-state index in [9.17, 15) is 14.4 Å². The minimum Gasteiger partial charge on any atom is -0.490 e. The normalized spacial score (nSPS) is 17.1. The standard InChI is InChI=1S/C28H25NO7/c1-17(26(30)29-21-9-11-23-25(16-21)34-13-5-12-33-23)35-27(31)19-8-10-22-20(14-19)15-24(36-28(22)32)18-6-3-2-4-7-18/h2-4,6-11,14,16-17,24H,5,12-13,15H2,1H3,(H,29,30). The van der Waals surface area contributed by atoms with Crippen LogP contribution in [0.3, 0.4) is 0 Å². The van der Waals surface area contributed by atoms with E-state index in [2.05, 4.69) is 5.32 Å². The predicted molar refractivity (Wildman–Crippen MR) is 130 cm³/mol. The van der Waals surface area contributed by atoms with Crippen molar-refractivity contribution in [2.75, 3.05) is 18.5 Å². The van der Waals surface area contributed by atoms with Crippen molar-refractivity contribution in [1.29, 1.82) is 0 Å². The van der Waals surface area contributed by atoms with Crippen LogP contribution in [-0.2, 0) is 20.7 Å². The lowest BCUT2D eigenvalue weighted by Crippen LogP contribution is -2.30. The van der Waals surface area contributed by atoms with Crippen LogP contribution in [0.1, 0.15) is 51.3 Å². The minimum absolute atomic E-state index is 0.255. The summed E-state index contributed by atoms with van der Waals surface area (Å²) < 4.78 is 22.2. The van der Waals surface area contributed by atoms with Gasteiger partial charge >= 0.3 is 11.9 Å². The van der Waals surface area contributed by atoms with Gasteiger partial charge in [0.25, 0.3) is 5.91 Å². The van der Waals surface area contributed by atoms with Crippen LogP contribution in [0.25, 0.3) is 0 Å². The molecule has 2 aliphatic rings. The Balaban J connectivity index is 1.24. The predicted octanol–water partition coefficient (Wildman–Crippen LogP) is 4.49. The van der Waals surface area contributed by atoms with Crippen molar-refractivity contribution in [3.8, 4) is 11.5 Å². The smallest absolute Gasteiger partial charge is 0.339 e. The van der Waals surface area contributed by atoms with E-state index < -0.39 is 30.1 Å². The van der Waals surface area contributed by atoms with E-state index in [1.54, 1.807) is 30.3 Å². The molecule has 8 nitrogen and oxygen atoms in total. The Labute approximate surface area is 208 Å².